The maximum Gasteiger partial charge on any atom is 0.256 e. The fourth-order valence-electron chi connectivity index (χ4n) is 1.05. The van der Waals surface area contributed by atoms with Crippen molar-refractivity contribution in [1.29, 1.82) is 0 Å². The Labute approximate surface area is 86.4 Å². The average molecular weight is 210 g/mol. The molecule has 0 N–H and O–H groups in total. The highest BCUT2D eigenvalue weighted by Gasteiger charge is 2.02. The molecule has 0 heterocycles. The number of hydrogen-bond donors (Lipinski definition) is 0. The van der Waals surface area contributed by atoms with E-state index in [1.165, 1.54) is 6.08 Å². The maximum absolute atomic E-state index is 10.9. The van der Waals surface area contributed by atoms with Crippen LogP contribution in [0.1, 0.15) is 12.0 Å². The van der Waals surface area contributed by atoms with Crippen LogP contribution in [0.25, 0.3) is 0 Å². The van der Waals surface area contributed by atoms with Gasteiger partial charge in [0.15, 0.2) is 0 Å². The number of isocyanates is 1. The minimum Gasteiger partial charge on any atom is -0.272 e. The van der Waals surface area contributed by atoms with Gasteiger partial charge in [0.1, 0.15) is 0 Å². The number of nitrogens with zero attached hydrogens (tertiary/aromatic N) is 1. The third kappa shape index (κ3) is 3.13. The van der Waals surface area contributed by atoms with Crippen molar-refractivity contribution >= 4 is 23.6 Å². The van der Waals surface area contributed by atoms with E-state index in [9.17, 15) is 9.59 Å². The molecule has 3 nitrogen and oxygen atoms in total. The Bertz CT molecular complexity index is 383. The van der Waals surface area contributed by atoms with Gasteiger partial charge in [0.2, 0.25) is 6.08 Å². The van der Waals surface area contributed by atoms with Crippen LogP contribution in [0.5, 0.6) is 0 Å². The van der Waals surface area contributed by atoms with Crippen molar-refractivity contribution in [2.24, 2.45) is 4.99 Å². The van der Waals surface area contributed by atoms with Gasteiger partial charge in [-0.05, 0) is 18.1 Å². The predicted octanol–water partition coefficient (Wildman–Crippen LogP) is 2.13. The molecule has 1 rings (SSSR count). The molecule has 0 unspecified atom stereocenters. The summed E-state index contributed by atoms with van der Waals surface area (Å²) in [6.45, 7) is 0. The first-order chi connectivity index (χ1) is 6.74. The zero-order chi connectivity index (χ0) is 10.4. The van der Waals surface area contributed by atoms with Crippen LogP contribution in [-0.2, 0) is 16.0 Å². The van der Waals surface area contributed by atoms with E-state index in [2.05, 4.69) is 4.99 Å². The highest BCUT2D eigenvalue weighted by atomic mass is 35.5. The molecular weight excluding hydrogens is 202 g/mol. The van der Waals surface area contributed by atoms with Crippen molar-refractivity contribution in [2.45, 2.75) is 12.8 Å². The van der Waals surface area contributed by atoms with Gasteiger partial charge in [0.25, 0.3) is 5.91 Å². The molecule has 0 radical (unpaired) electrons. The Morgan fingerprint density at radius 2 is 2.14 bits per heavy atom. The molecule has 0 aliphatic rings. The van der Waals surface area contributed by atoms with E-state index < -0.39 is 5.91 Å². The van der Waals surface area contributed by atoms with Gasteiger partial charge in [0.05, 0.1) is 0 Å². The van der Waals surface area contributed by atoms with E-state index in [4.69, 9.17) is 11.6 Å². The molecule has 0 aliphatic heterocycles. The second kappa shape index (κ2) is 5.32. The molecule has 1 aromatic rings. The molecule has 0 spiro atoms. The second-order valence-corrected chi connectivity index (χ2v) is 3.10. The number of rotatable bonds is 3. The number of carbonyl (C=O) groups excluding carboxylic acids is 2. The zero-order valence-electron chi connectivity index (χ0n) is 7.37. The first kappa shape index (κ1) is 10.6. The van der Waals surface area contributed by atoms with Crippen LogP contribution in [0.2, 0.25) is 5.02 Å². The third-order valence-electron chi connectivity index (χ3n) is 1.74. The van der Waals surface area contributed by atoms with Crippen LogP contribution in [0.15, 0.2) is 29.3 Å². The number of amides is 1. The Morgan fingerprint density at radius 3 is 2.79 bits per heavy atom. The standard InChI is InChI=1S/C10H8ClNO2/c11-9-4-2-1-3-8(9)5-6-10(14)12-7-13/h1-4H,5-6H2. The topological polar surface area (TPSA) is 46.5 Å². The number of hydrogen-bond acceptors (Lipinski definition) is 2. The quantitative estimate of drug-likeness (QED) is 0.566. The summed E-state index contributed by atoms with van der Waals surface area (Å²) in [5.41, 5.74) is 0.878. The molecule has 4 heteroatoms. The predicted molar refractivity (Wildman–Crippen MR) is 52.9 cm³/mol. The lowest BCUT2D eigenvalue weighted by atomic mass is 10.1. The van der Waals surface area contributed by atoms with Crippen molar-refractivity contribution < 1.29 is 9.59 Å². The van der Waals surface area contributed by atoms with Crippen LogP contribution in [0.4, 0.5) is 0 Å². The van der Waals surface area contributed by atoms with Crippen LogP contribution < -0.4 is 0 Å². The normalized spacial score (nSPS) is 9.21. The molecule has 0 aromatic heterocycles. The minimum absolute atomic E-state index is 0.180. The summed E-state index contributed by atoms with van der Waals surface area (Å²) in [6.07, 6.45) is 1.88. The number of aliphatic imine (C=N–C) groups is 1. The van der Waals surface area contributed by atoms with Crippen LogP contribution in [0, 0.1) is 0 Å². The highest BCUT2D eigenvalue weighted by Crippen LogP contribution is 2.16. The van der Waals surface area contributed by atoms with E-state index in [-0.39, 0.29) is 6.42 Å². The lowest BCUT2D eigenvalue weighted by Crippen LogP contribution is -1.96. The Balaban J connectivity index is 2.58. The summed E-state index contributed by atoms with van der Waals surface area (Å²) in [6, 6.07) is 7.25. The fraction of sp³-hybridized carbons (Fsp3) is 0.200. The minimum atomic E-state index is -0.472. The van der Waals surface area contributed by atoms with Gasteiger partial charge >= 0.3 is 0 Å². The second-order valence-electron chi connectivity index (χ2n) is 2.69. The summed E-state index contributed by atoms with van der Waals surface area (Å²) in [5, 5.41) is 0.621. The Morgan fingerprint density at radius 1 is 1.43 bits per heavy atom. The van der Waals surface area contributed by atoms with Crippen molar-refractivity contribution in [3.63, 3.8) is 0 Å². The largest absolute Gasteiger partial charge is 0.272 e. The lowest BCUT2D eigenvalue weighted by molar-refractivity contribution is -0.117. The SMILES string of the molecule is O=C=NC(=O)CCc1ccccc1Cl. The lowest BCUT2D eigenvalue weighted by Gasteiger charge is -2.00. The molecule has 0 bridgehead atoms. The maximum atomic E-state index is 10.9. The van der Waals surface area contributed by atoms with Crippen LogP contribution in [0.3, 0.4) is 0 Å². The molecule has 1 amide bonds. The fourth-order valence-corrected chi connectivity index (χ4v) is 1.28. The van der Waals surface area contributed by atoms with Crippen molar-refractivity contribution in [3.05, 3.63) is 34.9 Å². The summed E-state index contributed by atoms with van der Waals surface area (Å²) >= 11 is 5.87. The first-order valence-electron chi connectivity index (χ1n) is 4.08. The molecule has 0 fully saturated rings. The van der Waals surface area contributed by atoms with Crippen LogP contribution in [-0.4, -0.2) is 12.0 Å². The van der Waals surface area contributed by atoms with Gasteiger partial charge in [-0.15, -0.1) is 4.99 Å². The zero-order valence-corrected chi connectivity index (χ0v) is 8.12. The van der Waals surface area contributed by atoms with Gasteiger partial charge in [-0.25, -0.2) is 4.79 Å². The molecule has 0 saturated carbocycles. The summed E-state index contributed by atoms with van der Waals surface area (Å²) in [4.78, 5) is 23.6. The summed E-state index contributed by atoms with van der Waals surface area (Å²) in [7, 11) is 0. The highest BCUT2D eigenvalue weighted by molar-refractivity contribution is 6.31. The Hall–Kier alpha value is -1.44. The Kier molecular flexibility index (Phi) is 4.05. The van der Waals surface area contributed by atoms with E-state index in [0.717, 1.165) is 5.56 Å². The van der Waals surface area contributed by atoms with E-state index in [0.29, 0.717) is 11.4 Å². The number of aryl methyl sites for hydroxylation is 1. The average Bonchev–Trinajstić information content (AvgIpc) is 2.17. The van der Waals surface area contributed by atoms with Gasteiger partial charge in [-0.3, -0.25) is 4.79 Å². The van der Waals surface area contributed by atoms with E-state index >= 15 is 0 Å². The van der Waals surface area contributed by atoms with Gasteiger partial charge in [-0.2, -0.15) is 0 Å². The molecule has 0 aliphatic carbocycles. The van der Waals surface area contributed by atoms with Gasteiger partial charge in [0, 0.05) is 11.4 Å². The third-order valence-corrected chi connectivity index (χ3v) is 2.11. The molecular formula is C10H8ClNO2. The first-order valence-corrected chi connectivity index (χ1v) is 4.46. The smallest absolute Gasteiger partial charge is 0.256 e. The number of carbonyl (C=O) groups is 1. The van der Waals surface area contributed by atoms with Crippen molar-refractivity contribution in [2.75, 3.05) is 0 Å². The molecule has 14 heavy (non-hydrogen) atoms. The number of halogens is 1. The molecule has 0 atom stereocenters. The molecule has 72 valence electrons. The van der Waals surface area contributed by atoms with E-state index in [1.54, 1.807) is 6.07 Å². The van der Waals surface area contributed by atoms with E-state index in [1.807, 2.05) is 18.2 Å². The van der Waals surface area contributed by atoms with Gasteiger partial charge in [-0.1, -0.05) is 29.8 Å². The number of benzene rings is 1. The van der Waals surface area contributed by atoms with Gasteiger partial charge < -0.3 is 0 Å². The summed E-state index contributed by atoms with van der Waals surface area (Å²) < 4.78 is 0. The van der Waals surface area contributed by atoms with Crippen molar-refractivity contribution in [1.82, 2.24) is 0 Å². The molecule has 1 aromatic carbocycles. The summed E-state index contributed by atoms with van der Waals surface area (Å²) in [5.74, 6) is -0.472. The molecule has 0 saturated heterocycles. The van der Waals surface area contributed by atoms with Crippen LogP contribution >= 0.6 is 11.6 Å². The monoisotopic (exact) mass is 209 g/mol. The van der Waals surface area contributed by atoms with Crippen molar-refractivity contribution in [3.8, 4) is 0 Å².